The van der Waals surface area contributed by atoms with Crippen molar-refractivity contribution in [3.8, 4) is 17.1 Å². The highest BCUT2D eigenvalue weighted by atomic mass is 35.5. The quantitative estimate of drug-likeness (QED) is 0.631. The normalized spacial score (nSPS) is 15.2. The van der Waals surface area contributed by atoms with E-state index in [9.17, 15) is 13.2 Å². The number of halogens is 4. The molecule has 0 radical (unpaired) electrons. The van der Waals surface area contributed by atoms with E-state index in [1.807, 2.05) is 14.0 Å². The summed E-state index contributed by atoms with van der Waals surface area (Å²) in [6, 6.07) is 5.36. The molecule has 1 N–H and O–H groups in total. The highest BCUT2D eigenvalue weighted by molar-refractivity contribution is 5.85. The fourth-order valence-electron chi connectivity index (χ4n) is 3.11. The van der Waals surface area contributed by atoms with Gasteiger partial charge in [-0.1, -0.05) is 11.2 Å². The molecule has 0 saturated heterocycles. The van der Waals surface area contributed by atoms with Crippen molar-refractivity contribution >= 4 is 12.4 Å². The summed E-state index contributed by atoms with van der Waals surface area (Å²) >= 11 is 0. The van der Waals surface area contributed by atoms with E-state index in [0.29, 0.717) is 29.4 Å². The van der Waals surface area contributed by atoms with Crippen LogP contribution in [0.15, 0.2) is 35.0 Å². The summed E-state index contributed by atoms with van der Waals surface area (Å²) in [5.74, 6) is 1.14. The SMILES string of the molecule is CNC(C)Cc1noc(-c2cnn(-c3cccc(C(F)(F)F)c3)c2C2CC2)n1.Cl. The lowest BCUT2D eigenvalue weighted by Gasteiger charge is -2.11. The molecule has 4 rings (SSSR count). The summed E-state index contributed by atoms with van der Waals surface area (Å²) in [6.45, 7) is 2.01. The van der Waals surface area contributed by atoms with Gasteiger partial charge in [0.2, 0.25) is 0 Å². The van der Waals surface area contributed by atoms with Crippen LogP contribution >= 0.6 is 12.4 Å². The molecule has 156 valence electrons. The van der Waals surface area contributed by atoms with Gasteiger partial charge in [-0.25, -0.2) is 4.68 Å². The lowest BCUT2D eigenvalue weighted by molar-refractivity contribution is -0.137. The maximum absolute atomic E-state index is 13.1. The van der Waals surface area contributed by atoms with Gasteiger partial charge in [0.15, 0.2) is 5.82 Å². The lowest BCUT2D eigenvalue weighted by Crippen LogP contribution is -2.24. The predicted molar refractivity (Wildman–Crippen MR) is 103 cm³/mol. The van der Waals surface area contributed by atoms with Gasteiger partial charge in [-0.3, -0.25) is 0 Å². The van der Waals surface area contributed by atoms with Gasteiger partial charge in [0.1, 0.15) is 0 Å². The zero-order chi connectivity index (χ0) is 19.9. The van der Waals surface area contributed by atoms with Crippen LogP contribution in [0.5, 0.6) is 0 Å². The molecule has 29 heavy (non-hydrogen) atoms. The first-order valence-electron chi connectivity index (χ1n) is 9.12. The van der Waals surface area contributed by atoms with Gasteiger partial charge in [0.05, 0.1) is 28.7 Å². The van der Waals surface area contributed by atoms with Gasteiger partial charge in [0, 0.05) is 18.4 Å². The average molecular weight is 428 g/mol. The van der Waals surface area contributed by atoms with Gasteiger partial charge in [-0.2, -0.15) is 23.3 Å². The average Bonchev–Trinajstić information content (AvgIpc) is 3.24. The topological polar surface area (TPSA) is 68.8 Å². The molecule has 1 saturated carbocycles. The van der Waals surface area contributed by atoms with Crippen LogP contribution in [0.4, 0.5) is 13.2 Å². The number of nitrogens with zero attached hydrogens (tertiary/aromatic N) is 4. The number of rotatable bonds is 6. The number of likely N-dealkylation sites (N-methyl/N-ethyl adjacent to an activating group) is 1. The standard InChI is InChI=1S/C19H20F3N5O.ClH/c1-11(23-2)8-16-25-18(28-26-16)15-10-24-27(17(15)12-6-7-12)14-5-3-4-13(9-14)19(20,21)22;/h3-5,9-12,23H,6-8H2,1-2H3;1H. The summed E-state index contributed by atoms with van der Waals surface area (Å²) in [4.78, 5) is 4.45. The molecule has 2 aromatic heterocycles. The Morgan fingerprint density at radius 3 is 2.72 bits per heavy atom. The molecule has 0 bridgehead atoms. The predicted octanol–water partition coefficient (Wildman–Crippen LogP) is 4.39. The summed E-state index contributed by atoms with van der Waals surface area (Å²) in [7, 11) is 1.86. The van der Waals surface area contributed by atoms with Crippen molar-refractivity contribution < 1.29 is 17.7 Å². The highest BCUT2D eigenvalue weighted by Crippen LogP contribution is 2.45. The Morgan fingerprint density at radius 1 is 1.31 bits per heavy atom. The van der Waals surface area contributed by atoms with Crippen molar-refractivity contribution in [3.05, 3.63) is 47.5 Å². The van der Waals surface area contributed by atoms with Crippen LogP contribution in [0, 0.1) is 0 Å². The van der Waals surface area contributed by atoms with E-state index >= 15 is 0 Å². The molecule has 1 aliphatic carbocycles. The van der Waals surface area contributed by atoms with Crippen LogP contribution in [-0.2, 0) is 12.6 Å². The minimum atomic E-state index is -4.41. The van der Waals surface area contributed by atoms with Gasteiger partial charge >= 0.3 is 6.18 Å². The van der Waals surface area contributed by atoms with E-state index in [4.69, 9.17) is 4.52 Å². The highest BCUT2D eigenvalue weighted by Gasteiger charge is 2.34. The second-order valence-corrected chi connectivity index (χ2v) is 7.09. The molecule has 0 aliphatic heterocycles. The van der Waals surface area contributed by atoms with Crippen molar-refractivity contribution in [2.75, 3.05) is 7.05 Å². The van der Waals surface area contributed by atoms with Gasteiger partial charge in [-0.15, -0.1) is 12.4 Å². The number of hydrogen-bond acceptors (Lipinski definition) is 5. The van der Waals surface area contributed by atoms with Crippen molar-refractivity contribution in [2.24, 2.45) is 0 Å². The van der Waals surface area contributed by atoms with E-state index in [-0.39, 0.29) is 24.4 Å². The Kier molecular flexibility index (Phi) is 6.00. The van der Waals surface area contributed by atoms with Crippen molar-refractivity contribution in [2.45, 2.75) is 44.3 Å². The first-order chi connectivity index (χ1) is 13.4. The molecule has 0 amide bonds. The summed E-state index contributed by atoms with van der Waals surface area (Å²) in [6.07, 6.45) is -0.296. The van der Waals surface area contributed by atoms with E-state index in [2.05, 4.69) is 20.6 Å². The van der Waals surface area contributed by atoms with Crippen LogP contribution in [-0.4, -0.2) is 33.0 Å². The number of hydrogen-bond donors (Lipinski definition) is 1. The van der Waals surface area contributed by atoms with Crippen LogP contribution < -0.4 is 5.32 Å². The van der Waals surface area contributed by atoms with Gasteiger partial charge in [-0.05, 0) is 45.0 Å². The molecule has 0 spiro atoms. The summed E-state index contributed by atoms with van der Waals surface area (Å²) in [5, 5.41) is 11.5. The van der Waals surface area contributed by atoms with Crippen molar-refractivity contribution in [1.29, 1.82) is 0 Å². The summed E-state index contributed by atoms with van der Waals surface area (Å²) in [5.41, 5.74) is 1.16. The Hall–Kier alpha value is -2.39. The van der Waals surface area contributed by atoms with Gasteiger partial charge < -0.3 is 9.84 Å². The second-order valence-electron chi connectivity index (χ2n) is 7.09. The second kappa shape index (κ2) is 8.16. The molecular weight excluding hydrogens is 407 g/mol. The number of nitrogens with one attached hydrogen (secondary N) is 1. The Balaban J connectivity index is 0.00000240. The molecule has 1 fully saturated rings. The third-order valence-electron chi connectivity index (χ3n) is 4.87. The smallest absolute Gasteiger partial charge is 0.334 e. The van der Waals surface area contributed by atoms with E-state index in [0.717, 1.165) is 30.7 Å². The molecule has 1 atom stereocenters. The molecule has 6 nitrogen and oxygen atoms in total. The molecule has 3 aromatic rings. The van der Waals surface area contributed by atoms with Crippen LogP contribution in [0.2, 0.25) is 0 Å². The fourth-order valence-corrected chi connectivity index (χ4v) is 3.11. The maximum Gasteiger partial charge on any atom is 0.416 e. The monoisotopic (exact) mass is 427 g/mol. The van der Waals surface area contributed by atoms with E-state index in [1.165, 1.54) is 6.07 Å². The fraction of sp³-hybridized carbons (Fsp3) is 0.421. The first-order valence-corrected chi connectivity index (χ1v) is 9.12. The minimum absolute atomic E-state index is 0. The molecule has 1 unspecified atom stereocenters. The number of aromatic nitrogens is 4. The zero-order valence-electron chi connectivity index (χ0n) is 15.9. The Bertz CT molecular complexity index is 980. The molecule has 1 aromatic carbocycles. The maximum atomic E-state index is 13.1. The zero-order valence-corrected chi connectivity index (χ0v) is 16.7. The van der Waals surface area contributed by atoms with Crippen LogP contribution in [0.1, 0.15) is 42.8 Å². The largest absolute Gasteiger partial charge is 0.416 e. The van der Waals surface area contributed by atoms with Crippen LogP contribution in [0.25, 0.3) is 17.1 Å². The van der Waals surface area contributed by atoms with Crippen molar-refractivity contribution in [3.63, 3.8) is 0 Å². The van der Waals surface area contributed by atoms with Gasteiger partial charge in [0.25, 0.3) is 5.89 Å². The van der Waals surface area contributed by atoms with Crippen LogP contribution in [0.3, 0.4) is 0 Å². The molecular formula is C19H21ClF3N5O. The minimum Gasteiger partial charge on any atom is -0.334 e. The summed E-state index contributed by atoms with van der Waals surface area (Å²) < 4.78 is 46.3. The molecule has 10 heteroatoms. The Morgan fingerprint density at radius 2 is 2.07 bits per heavy atom. The van der Waals surface area contributed by atoms with E-state index < -0.39 is 11.7 Å². The molecule has 1 aliphatic rings. The lowest BCUT2D eigenvalue weighted by atomic mass is 10.1. The molecule has 2 heterocycles. The third-order valence-corrected chi connectivity index (χ3v) is 4.87. The Labute approximate surface area is 171 Å². The first kappa shape index (κ1) is 21.3. The van der Waals surface area contributed by atoms with Crippen molar-refractivity contribution in [1.82, 2.24) is 25.2 Å². The third kappa shape index (κ3) is 4.45. The van der Waals surface area contributed by atoms with E-state index in [1.54, 1.807) is 16.9 Å². The number of alkyl halides is 3. The number of benzene rings is 1.